The van der Waals surface area contributed by atoms with Crippen LogP contribution in [0.4, 0.5) is 0 Å². The molecule has 0 aromatic carbocycles. The van der Waals surface area contributed by atoms with Gasteiger partial charge in [-0.15, -0.1) is 0 Å². The third-order valence-electron chi connectivity index (χ3n) is 0. The third-order valence-corrected chi connectivity index (χ3v) is 0. The molecule has 0 atom stereocenters. The second-order valence-electron chi connectivity index (χ2n) is 3.50. The van der Waals surface area contributed by atoms with Gasteiger partial charge in [0.25, 0.3) is 0 Å². The minimum absolute atomic E-state index is 0. The predicted octanol–water partition coefficient (Wildman–Crippen LogP) is -4.83. The average molecular weight is 460 g/mol. The number of quaternary nitrogens is 1. The van der Waals surface area contributed by atoms with E-state index in [0.717, 1.165) is 4.48 Å². The first kappa shape index (κ1) is 42.7. The fourth-order valence-electron chi connectivity index (χ4n) is 0. The van der Waals surface area contributed by atoms with Crippen molar-refractivity contribution in [3.8, 4) is 0 Å². The Bertz CT molecular complexity index is 291. The maximum atomic E-state index is 8.52. The Balaban J connectivity index is -0.0000000206. The number of hydrogen-bond donors (Lipinski definition) is 0. The van der Waals surface area contributed by atoms with Crippen LogP contribution in [0.1, 0.15) is 0 Å². The van der Waals surface area contributed by atoms with Crippen LogP contribution in [0.25, 0.3) is 0 Å². The third kappa shape index (κ3) is 5960. The topological polar surface area (TPSA) is 255 Å². The molecule has 15 heteroatoms. The number of hydrogen-bond acceptors (Lipinski definition) is 8. The molecule has 1 radical (unpaired) electrons. The molecule has 12 nitrogen and oxygen atoms in total. The first-order valence-corrected chi connectivity index (χ1v) is 5.79. The fraction of sp³-hybridized carbons (Fsp3) is 1.00. The van der Waals surface area contributed by atoms with E-state index in [-0.39, 0.29) is 58.2 Å². The standard InChI is InChI=1S/C4H12N.Ce.2H2O4S.3H2O/c1-5(2,3)4;;2*1-5(2,3)4;;;/h1-4H3;;2*(H2,1,2,3,4);3*1H2/q+1;+3;;;;;/p-4. The first-order valence-electron chi connectivity index (χ1n) is 3.12. The van der Waals surface area contributed by atoms with E-state index in [4.69, 9.17) is 35.0 Å². The van der Waals surface area contributed by atoms with Gasteiger partial charge in [-0.05, 0) is 0 Å². The fourth-order valence-corrected chi connectivity index (χ4v) is 0. The van der Waals surface area contributed by atoms with Crippen molar-refractivity contribution in [1.82, 2.24) is 0 Å². The summed E-state index contributed by atoms with van der Waals surface area (Å²) < 4.78 is 69.2. The average Bonchev–Trinajstić information content (AvgIpc) is 1.41. The molecule has 0 aromatic rings. The van der Waals surface area contributed by atoms with Crippen molar-refractivity contribution in [1.29, 1.82) is 0 Å². The second kappa shape index (κ2) is 17.0. The summed E-state index contributed by atoms with van der Waals surface area (Å²) in [5.41, 5.74) is 0. The Morgan fingerprint density at radius 3 is 0.632 bits per heavy atom. The Morgan fingerprint density at radius 2 is 0.632 bits per heavy atom. The Morgan fingerprint density at radius 1 is 0.632 bits per heavy atom. The molecular weight excluding hydrogens is 442 g/mol. The predicted molar refractivity (Wildman–Crippen MR) is 55.7 cm³/mol. The summed E-state index contributed by atoms with van der Waals surface area (Å²) in [6.45, 7) is 0. The van der Waals surface area contributed by atoms with E-state index in [9.17, 15) is 0 Å². The van der Waals surface area contributed by atoms with Crippen LogP contribution >= 0.6 is 0 Å². The molecule has 121 valence electrons. The second-order valence-corrected chi connectivity index (χ2v) is 5.13. The zero-order valence-corrected chi connectivity index (χ0v) is 15.3. The van der Waals surface area contributed by atoms with Crippen LogP contribution in [0.3, 0.4) is 0 Å². The van der Waals surface area contributed by atoms with Crippen LogP contribution in [0.5, 0.6) is 0 Å². The van der Waals surface area contributed by atoms with Gasteiger partial charge in [0.1, 0.15) is 0 Å². The molecule has 0 unspecified atom stereocenters. The van der Waals surface area contributed by atoms with Gasteiger partial charge in [-0.2, -0.15) is 0 Å². The summed E-state index contributed by atoms with van der Waals surface area (Å²) in [6.07, 6.45) is 0. The molecule has 0 spiro atoms. The van der Waals surface area contributed by atoms with Crippen LogP contribution in [0.15, 0.2) is 0 Å². The normalized spacial score (nSPS) is 9.26. The molecule has 19 heavy (non-hydrogen) atoms. The Hall–Kier alpha value is 0.957. The van der Waals surface area contributed by atoms with Crippen molar-refractivity contribution in [2.24, 2.45) is 0 Å². The monoisotopic (exact) mass is 460 g/mol. The van der Waals surface area contributed by atoms with Crippen LogP contribution in [-0.4, -0.2) is 84.1 Å². The van der Waals surface area contributed by atoms with Crippen LogP contribution in [0, 0.1) is 41.7 Å². The van der Waals surface area contributed by atoms with E-state index in [1.807, 2.05) is 0 Å². The van der Waals surface area contributed by atoms with Gasteiger partial charge in [-0.25, -0.2) is 0 Å². The summed E-state index contributed by atoms with van der Waals surface area (Å²) in [4.78, 5) is 0. The van der Waals surface area contributed by atoms with Crippen LogP contribution in [0.2, 0.25) is 0 Å². The molecule has 0 bridgehead atoms. The zero-order valence-electron chi connectivity index (χ0n) is 10.5. The van der Waals surface area contributed by atoms with E-state index in [2.05, 4.69) is 28.2 Å². The largest absolute Gasteiger partial charge is 3.00 e. The van der Waals surface area contributed by atoms with Gasteiger partial charge in [-0.1, -0.05) is 0 Å². The summed E-state index contributed by atoms with van der Waals surface area (Å²) in [7, 11) is -1.83. The smallest absolute Gasteiger partial charge is 0.759 e. The van der Waals surface area contributed by atoms with Crippen molar-refractivity contribution in [3.05, 3.63) is 0 Å². The minimum Gasteiger partial charge on any atom is -0.759 e. The van der Waals surface area contributed by atoms with E-state index < -0.39 is 20.8 Å². The van der Waals surface area contributed by atoms with Gasteiger partial charge in [-0.3, -0.25) is 16.8 Å². The van der Waals surface area contributed by atoms with Gasteiger partial charge in [0, 0.05) is 20.8 Å². The maximum Gasteiger partial charge on any atom is 3.00 e. The quantitative estimate of drug-likeness (QED) is 0.192. The van der Waals surface area contributed by atoms with Crippen LogP contribution < -0.4 is 0 Å². The SMILES string of the molecule is C[N+](C)(C)C.O.O.O.O=S(=O)([O-])[O-].O=S(=O)([O-])[O-].[Ce+3]. The van der Waals surface area contributed by atoms with E-state index in [1.54, 1.807) is 0 Å². The van der Waals surface area contributed by atoms with Gasteiger partial charge >= 0.3 is 41.7 Å². The van der Waals surface area contributed by atoms with Crippen molar-refractivity contribution < 1.29 is 97.7 Å². The van der Waals surface area contributed by atoms with Gasteiger partial charge in [0.15, 0.2) is 0 Å². The van der Waals surface area contributed by atoms with Crippen LogP contribution in [-0.2, 0) is 20.8 Å². The molecule has 6 N–H and O–H groups in total. The number of nitrogens with zero attached hydrogens (tertiary/aromatic N) is 1. The maximum absolute atomic E-state index is 8.52. The molecule has 0 rings (SSSR count). The number of rotatable bonds is 0. The Labute approximate surface area is 145 Å². The van der Waals surface area contributed by atoms with Gasteiger partial charge < -0.3 is 39.1 Å². The van der Waals surface area contributed by atoms with Crippen molar-refractivity contribution in [2.75, 3.05) is 28.2 Å². The van der Waals surface area contributed by atoms with E-state index >= 15 is 0 Å². The summed E-state index contributed by atoms with van der Waals surface area (Å²) in [5, 5.41) is 0. The molecule has 0 aliphatic rings. The van der Waals surface area contributed by atoms with Gasteiger partial charge in [0.05, 0.1) is 28.2 Å². The summed E-state index contributed by atoms with van der Waals surface area (Å²) in [5.74, 6) is 0. The molecule has 0 aliphatic carbocycles. The van der Waals surface area contributed by atoms with E-state index in [1.165, 1.54) is 0 Å². The molecule has 0 heterocycles. The van der Waals surface area contributed by atoms with Gasteiger partial charge in [0.2, 0.25) is 0 Å². The molecule has 0 aromatic heterocycles. The first-order chi connectivity index (χ1) is 6.00. The molecule has 0 saturated heterocycles. The Kier molecular flexibility index (Phi) is 38.2. The molecule has 0 aliphatic heterocycles. The minimum atomic E-state index is -5.17. The van der Waals surface area contributed by atoms with E-state index in [0.29, 0.717) is 0 Å². The molecule has 0 saturated carbocycles. The van der Waals surface area contributed by atoms with Crippen molar-refractivity contribution in [3.63, 3.8) is 0 Å². The van der Waals surface area contributed by atoms with Crippen molar-refractivity contribution >= 4 is 20.8 Å². The van der Waals surface area contributed by atoms with Crippen molar-refractivity contribution in [2.45, 2.75) is 0 Å². The summed E-state index contributed by atoms with van der Waals surface area (Å²) in [6, 6.07) is 0. The molecule has 0 amide bonds. The summed E-state index contributed by atoms with van der Waals surface area (Å²) >= 11 is 0. The molecular formula is C4H18CeNO11S2. The zero-order chi connectivity index (χ0) is 13.5. The molecule has 0 fully saturated rings.